The molecule has 1 spiro atoms. The molecule has 202 valence electrons. The zero-order valence-corrected chi connectivity index (χ0v) is 22.2. The number of aromatic nitrogens is 1. The molecule has 0 aromatic carbocycles. The van der Waals surface area contributed by atoms with Crippen molar-refractivity contribution in [2.75, 3.05) is 6.61 Å². The average Bonchev–Trinajstić information content (AvgIpc) is 3.13. The van der Waals surface area contributed by atoms with Crippen LogP contribution in [0.25, 0.3) is 0 Å². The van der Waals surface area contributed by atoms with Crippen molar-refractivity contribution in [2.24, 2.45) is 28.6 Å². The molecule has 1 aromatic heterocycles. The molecule has 9 nitrogen and oxygen atoms in total. The van der Waals surface area contributed by atoms with Crippen molar-refractivity contribution in [1.82, 2.24) is 5.16 Å². The minimum atomic E-state index is -2.29. The van der Waals surface area contributed by atoms with Gasteiger partial charge in [-0.25, -0.2) is 4.79 Å². The third-order valence-electron chi connectivity index (χ3n) is 9.98. The second-order valence-electron chi connectivity index (χ2n) is 11.9. The van der Waals surface area contributed by atoms with Crippen LogP contribution >= 0.6 is 0 Å². The summed E-state index contributed by atoms with van der Waals surface area (Å²) in [4.78, 5) is 27.9. The Bertz CT molecular complexity index is 1210. The van der Waals surface area contributed by atoms with Crippen molar-refractivity contribution < 1.29 is 39.3 Å². The van der Waals surface area contributed by atoms with Gasteiger partial charge in [-0.3, -0.25) is 4.79 Å². The van der Waals surface area contributed by atoms with Gasteiger partial charge in [0.15, 0.2) is 23.2 Å². The molecule has 0 aliphatic heterocycles. The molecule has 37 heavy (non-hydrogen) atoms. The fourth-order valence-corrected chi connectivity index (χ4v) is 7.94. The second kappa shape index (κ2) is 8.09. The van der Waals surface area contributed by atoms with Crippen molar-refractivity contribution in [3.8, 4) is 0 Å². The van der Waals surface area contributed by atoms with Gasteiger partial charge < -0.3 is 29.7 Å². The van der Waals surface area contributed by atoms with Crippen LogP contribution in [0, 0.1) is 28.6 Å². The molecule has 2 saturated carbocycles. The summed E-state index contributed by atoms with van der Waals surface area (Å²) in [6.07, 6.45) is 1.12. The molecule has 5 rings (SSSR count). The molecule has 1 aromatic rings. The van der Waals surface area contributed by atoms with Crippen LogP contribution in [-0.4, -0.2) is 67.4 Å². The van der Waals surface area contributed by atoms with Crippen LogP contribution in [0.5, 0.6) is 0 Å². The molecule has 1 heterocycles. The van der Waals surface area contributed by atoms with Crippen molar-refractivity contribution >= 4 is 11.8 Å². The normalized spacial score (nSPS) is 41.7. The van der Waals surface area contributed by atoms with Crippen LogP contribution in [0.1, 0.15) is 69.8 Å². The van der Waals surface area contributed by atoms with Crippen molar-refractivity contribution in [3.05, 3.63) is 40.3 Å². The summed E-state index contributed by atoms with van der Waals surface area (Å²) in [7, 11) is 0. The Morgan fingerprint density at radius 3 is 2.51 bits per heavy atom. The van der Waals surface area contributed by atoms with Crippen LogP contribution in [0.2, 0.25) is 0 Å². The molecular formula is C28H37NO8. The number of aliphatic hydroxyl groups is 4. The van der Waals surface area contributed by atoms with Crippen LogP contribution < -0.4 is 0 Å². The molecular weight excluding hydrogens is 478 g/mol. The standard InChI is InChI=1S/C28H37NO8/c1-7-17-19(18(8-2)37-29-17)24(33)36-23-13(3)10-26-14(4)11-27(34)20(25(27,5)6)16(22(26)32)9-15(12-30)21(31)28(23,26)35/h9-10,14,16,20-21,23,30-31,34-35H,7-8,11-12H2,1-6H3/t14?,16?,20-,21?,23?,26?,27+,28?/m1/s1. The summed E-state index contributed by atoms with van der Waals surface area (Å²) in [5, 5.41) is 49.9. The number of hydrogen-bond acceptors (Lipinski definition) is 9. The first-order valence-corrected chi connectivity index (χ1v) is 13.1. The maximum atomic E-state index is 14.4. The van der Waals surface area contributed by atoms with Gasteiger partial charge in [0.2, 0.25) is 0 Å². The fourth-order valence-electron chi connectivity index (χ4n) is 7.94. The van der Waals surface area contributed by atoms with Gasteiger partial charge in [0, 0.05) is 23.7 Å². The van der Waals surface area contributed by atoms with Gasteiger partial charge in [-0.2, -0.15) is 0 Å². The molecule has 2 fully saturated rings. The average molecular weight is 516 g/mol. The Morgan fingerprint density at radius 2 is 1.92 bits per heavy atom. The zero-order chi connectivity index (χ0) is 27.3. The Balaban J connectivity index is 1.65. The summed E-state index contributed by atoms with van der Waals surface area (Å²) >= 11 is 0. The Hall–Kier alpha value is -2.33. The highest BCUT2D eigenvalue weighted by atomic mass is 16.6. The van der Waals surface area contributed by atoms with E-state index in [1.165, 1.54) is 6.08 Å². The lowest BCUT2D eigenvalue weighted by atomic mass is 9.59. The number of carbonyl (C=O) groups is 2. The number of aliphatic hydroxyl groups excluding tert-OH is 2. The third-order valence-corrected chi connectivity index (χ3v) is 9.98. The lowest BCUT2D eigenvalue weighted by Gasteiger charge is -2.49. The van der Waals surface area contributed by atoms with E-state index in [1.807, 2.05) is 27.7 Å². The predicted octanol–water partition coefficient (Wildman–Crippen LogP) is 1.91. The summed E-state index contributed by atoms with van der Waals surface area (Å²) in [6.45, 7) is 10.3. The van der Waals surface area contributed by atoms with E-state index in [0.29, 0.717) is 29.9 Å². The second-order valence-corrected chi connectivity index (χ2v) is 11.9. The molecule has 0 saturated heterocycles. The number of esters is 1. The number of nitrogens with zero attached hydrogens (tertiary/aromatic N) is 1. The van der Waals surface area contributed by atoms with E-state index in [9.17, 15) is 30.0 Å². The topological polar surface area (TPSA) is 150 Å². The van der Waals surface area contributed by atoms with E-state index in [0.717, 1.165) is 0 Å². The summed E-state index contributed by atoms with van der Waals surface area (Å²) in [5.41, 5.74) is -4.56. The first kappa shape index (κ1) is 26.3. The van der Waals surface area contributed by atoms with Gasteiger partial charge in [0.1, 0.15) is 11.7 Å². The van der Waals surface area contributed by atoms with Crippen LogP contribution in [0.4, 0.5) is 0 Å². The summed E-state index contributed by atoms with van der Waals surface area (Å²) < 4.78 is 11.2. The SMILES string of the molecule is CCc1noc(CC)c1C(=O)OC1C(C)=CC23C(=O)C(C=C(CO)C(O)C12O)[C@@H]1C(C)(C)[C@]1(O)CC3C. The number of rotatable bonds is 5. The maximum absolute atomic E-state index is 14.4. The van der Waals surface area contributed by atoms with Crippen molar-refractivity contribution in [1.29, 1.82) is 0 Å². The smallest absolute Gasteiger partial charge is 0.344 e. The Labute approximate surface area is 216 Å². The number of Topliss-reactive ketones (excluding diaryl/α,β-unsaturated/α-hetero) is 1. The van der Waals surface area contributed by atoms with Crippen LogP contribution in [0.15, 0.2) is 27.8 Å². The van der Waals surface area contributed by atoms with Gasteiger partial charge in [0.25, 0.3) is 0 Å². The van der Waals surface area contributed by atoms with Crippen LogP contribution in [-0.2, 0) is 22.4 Å². The van der Waals surface area contributed by atoms with Gasteiger partial charge in [-0.1, -0.05) is 51.9 Å². The molecule has 4 N–H and O–H groups in total. The highest BCUT2D eigenvalue weighted by Crippen LogP contribution is 2.73. The molecule has 0 amide bonds. The maximum Gasteiger partial charge on any atom is 0.344 e. The van der Waals surface area contributed by atoms with Gasteiger partial charge in [-0.05, 0) is 36.8 Å². The monoisotopic (exact) mass is 515 g/mol. The first-order chi connectivity index (χ1) is 17.3. The lowest BCUT2D eigenvalue weighted by molar-refractivity contribution is -0.191. The summed E-state index contributed by atoms with van der Waals surface area (Å²) in [5.74, 6) is -2.62. The number of aryl methyl sites for hydroxylation is 2. The van der Waals surface area contributed by atoms with E-state index >= 15 is 0 Å². The van der Waals surface area contributed by atoms with E-state index < -0.39 is 64.6 Å². The molecule has 0 radical (unpaired) electrons. The Kier molecular flexibility index (Phi) is 5.74. The summed E-state index contributed by atoms with van der Waals surface area (Å²) in [6, 6.07) is 0. The van der Waals surface area contributed by atoms with Gasteiger partial charge in [-0.15, -0.1) is 0 Å². The number of allylic oxidation sites excluding steroid dienone is 1. The molecule has 8 atom stereocenters. The Morgan fingerprint density at radius 1 is 1.24 bits per heavy atom. The fraction of sp³-hybridized carbons (Fsp3) is 0.679. The van der Waals surface area contributed by atoms with Gasteiger partial charge >= 0.3 is 5.97 Å². The predicted molar refractivity (Wildman–Crippen MR) is 131 cm³/mol. The number of fused-ring (bicyclic) bond motifs is 3. The lowest BCUT2D eigenvalue weighted by Crippen LogP contribution is -2.66. The number of carbonyl (C=O) groups excluding carboxylic acids is 2. The van der Waals surface area contributed by atoms with Gasteiger partial charge in [0.05, 0.1) is 23.3 Å². The number of ether oxygens (including phenoxy) is 1. The van der Waals surface area contributed by atoms with Crippen LogP contribution in [0.3, 0.4) is 0 Å². The van der Waals surface area contributed by atoms with E-state index in [1.54, 1.807) is 19.9 Å². The minimum absolute atomic E-state index is 0.0690. The molecule has 9 heteroatoms. The molecule has 2 bridgehead atoms. The third kappa shape index (κ3) is 2.97. The molecule has 6 unspecified atom stereocenters. The number of ketones is 1. The van der Waals surface area contributed by atoms with Crippen molar-refractivity contribution in [2.45, 2.75) is 84.2 Å². The van der Waals surface area contributed by atoms with E-state index in [-0.39, 0.29) is 23.3 Å². The quantitative estimate of drug-likeness (QED) is 0.341. The first-order valence-electron chi connectivity index (χ1n) is 13.1. The largest absolute Gasteiger partial charge is 0.451 e. The van der Waals surface area contributed by atoms with Crippen molar-refractivity contribution in [3.63, 3.8) is 0 Å². The van der Waals surface area contributed by atoms with E-state index in [4.69, 9.17) is 9.26 Å². The molecule has 4 aliphatic carbocycles. The number of hydrogen-bond donors (Lipinski definition) is 4. The highest BCUT2D eigenvalue weighted by Gasteiger charge is 2.81. The molecule has 4 aliphatic rings. The minimum Gasteiger partial charge on any atom is -0.451 e. The van der Waals surface area contributed by atoms with E-state index in [2.05, 4.69) is 5.16 Å². The highest BCUT2D eigenvalue weighted by molar-refractivity contribution is 5.96. The zero-order valence-electron chi connectivity index (χ0n) is 22.2.